The molecule has 0 N–H and O–H groups in total. The summed E-state index contributed by atoms with van der Waals surface area (Å²) in [6.45, 7) is 6.20. The molecule has 8 nitrogen and oxygen atoms in total. The van der Waals surface area contributed by atoms with Crippen molar-refractivity contribution in [1.29, 1.82) is 0 Å². The zero-order valence-electron chi connectivity index (χ0n) is 13.2. The molecule has 0 bridgehead atoms. The quantitative estimate of drug-likeness (QED) is 0.312. The Balaban J connectivity index is 4.30. The van der Waals surface area contributed by atoms with Gasteiger partial charge in [0.15, 0.2) is 13.2 Å². The topological polar surface area (TPSA) is 105 Å². The van der Waals surface area contributed by atoms with E-state index >= 15 is 0 Å². The van der Waals surface area contributed by atoms with Gasteiger partial charge in [-0.15, -0.1) is 0 Å². The highest BCUT2D eigenvalue weighted by molar-refractivity contribution is 5.72. The van der Waals surface area contributed by atoms with Crippen molar-refractivity contribution in [3.05, 3.63) is 0 Å². The number of carbonyl (C=O) groups is 4. The minimum Gasteiger partial charge on any atom is -0.457 e. The van der Waals surface area contributed by atoms with E-state index in [0.29, 0.717) is 12.8 Å². The molecule has 8 heteroatoms. The predicted octanol–water partition coefficient (Wildman–Crippen LogP) is 0.756. The van der Waals surface area contributed by atoms with Crippen LogP contribution in [0.1, 0.15) is 40.5 Å². The summed E-state index contributed by atoms with van der Waals surface area (Å²) < 4.78 is 19.0. The van der Waals surface area contributed by atoms with E-state index in [9.17, 15) is 19.2 Å². The number of hydrogen-bond donors (Lipinski definition) is 0. The average molecular weight is 318 g/mol. The Bertz CT molecular complexity index is 362. The van der Waals surface area contributed by atoms with Crippen LogP contribution in [0.5, 0.6) is 0 Å². The van der Waals surface area contributed by atoms with Gasteiger partial charge in [-0.25, -0.2) is 9.59 Å². The molecule has 0 spiro atoms. The van der Waals surface area contributed by atoms with Crippen LogP contribution in [0.3, 0.4) is 0 Å². The maximum Gasteiger partial charge on any atom is 0.344 e. The van der Waals surface area contributed by atoms with Gasteiger partial charge >= 0.3 is 11.9 Å². The highest BCUT2D eigenvalue weighted by Crippen LogP contribution is 2.25. The minimum absolute atomic E-state index is 0.165. The summed E-state index contributed by atoms with van der Waals surface area (Å²) in [4.78, 5) is 42.8. The van der Waals surface area contributed by atoms with Gasteiger partial charge in [-0.3, -0.25) is 9.59 Å². The van der Waals surface area contributed by atoms with Gasteiger partial charge in [0.2, 0.25) is 0 Å². The molecule has 0 unspecified atom stereocenters. The molecule has 0 aliphatic rings. The summed E-state index contributed by atoms with van der Waals surface area (Å²) in [5.74, 6) is -1.32. The monoisotopic (exact) mass is 318 g/mol. The van der Waals surface area contributed by atoms with E-state index in [1.807, 2.05) is 0 Å². The van der Waals surface area contributed by atoms with Crippen LogP contribution < -0.4 is 0 Å². The fourth-order valence-electron chi connectivity index (χ4n) is 1.58. The molecule has 0 amide bonds. The Hall–Kier alpha value is -2.12. The number of ether oxygens (including phenoxy) is 4. The number of hydrogen-bond acceptors (Lipinski definition) is 8. The van der Waals surface area contributed by atoms with Crippen molar-refractivity contribution in [2.24, 2.45) is 0 Å². The zero-order valence-corrected chi connectivity index (χ0v) is 13.2. The van der Waals surface area contributed by atoms with Crippen molar-refractivity contribution in [3.8, 4) is 0 Å². The normalized spacial score (nSPS) is 11.3. The molecular weight excluding hydrogens is 296 g/mol. The lowest BCUT2D eigenvalue weighted by Gasteiger charge is -2.30. The van der Waals surface area contributed by atoms with Gasteiger partial charge in [0, 0.05) is 0 Å². The molecular formula is C14H22O8. The first-order chi connectivity index (χ1) is 10.1. The van der Waals surface area contributed by atoms with E-state index in [1.165, 1.54) is 0 Å². The molecule has 0 heterocycles. The molecule has 0 saturated carbocycles. The number of rotatable bonds is 11. The molecule has 0 rings (SSSR count). The van der Waals surface area contributed by atoms with Crippen LogP contribution in [-0.4, -0.2) is 49.3 Å². The van der Waals surface area contributed by atoms with Crippen LogP contribution in [0.4, 0.5) is 0 Å². The molecule has 0 radical (unpaired) electrons. The Morgan fingerprint density at radius 1 is 0.773 bits per heavy atom. The Labute approximate surface area is 129 Å². The standard InChI is InChI=1S/C14H22O8/c1-13(2,21-11(17)7-19-9-15)5-6-14(3,4)22-12(18)8-20-10-16/h9-10H,5-8H2,1-4H3. The van der Waals surface area contributed by atoms with Gasteiger partial charge in [0.1, 0.15) is 11.2 Å². The van der Waals surface area contributed by atoms with Crippen molar-refractivity contribution < 1.29 is 38.1 Å². The van der Waals surface area contributed by atoms with E-state index < -0.39 is 36.4 Å². The van der Waals surface area contributed by atoms with Crippen molar-refractivity contribution in [2.45, 2.75) is 51.7 Å². The van der Waals surface area contributed by atoms with Gasteiger partial charge in [0.25, 0.3) is 12.9 Å². The maximum atomic E-state index is 11.4. The van der Waals surface area contributed by atoms with Crippen LogP contribution in [0, 0.1) is 0 Å². The summed E-state index contributed by atoms with van der Waals surface area (Å²) in [5, 5.41) is 0. The molecule has 0 saturated heterocycles. The van der Waals surface area contributed by atoms with E-state index in [2.05, 4.69) is 9.47 Å². The molecule has 0 atom stereocenters. The lowest BCUT2D eigenvalue weighted by atomic mass is 9.94. The third-order valence-corrected chi connectivity index (χ3v) is 2.65. The Kier molecular flexibility index (Phi) is 8.14. The zero-order chi connectivity index (χ0) is 17.2. The SMILES string of the molecule is CC(C)(CCC(C)(C)OC(=O)COC=O)OC(=O)COC=O. The van der Waals surface area contributed by atoms with E-state index in [0.717, 1.165) is 0 Å². The predicted molar refractivity (Wildman–Crippen MR) is 73.6 cm³/mol. The fourth-order valence-corrected chi connectivity index (χ4v) is 1.58. The highest BCUT2D eigenvalue weighted by Gasteiger charge is 2.30. The number of esters is 2. The van der Waals surface area contributed by atoms with Crippen molar-refractivity contribution in [3.63, 3.8) is 0 Å². The van der Waals surface area contributed by atoms with Crippen molar-refractivity contribution in [1.82, 2.24) is 0 Å². The third-order valence-electron chi connectivity index (χ3n) is 2.65. The fraction of sp³-hybridized carbons (Fsp3) is 0.714. The largest absolute Gasteiger partial charge is 0.457 e. The number of carbonyl (C=O) groups excluding carboxylic acids is 4. The first kappa shape index (κ1) is 19.9. The van der Waals surface area contributed by atoms with Crippen molar-refractivity contribution >= 4 is 24.9 Å². The van der Waals surface area contributed by atoms with Gasteiger partial charge < -0.3 is 18.9 Å². The summed E-state index contributed by atoms with van der Waals surface area (Å²) in [5.41, 5.74) is -1.63. The summed E-state index contributed by atoms with van der Waals surface area (Å²) in [6.07, 6.45) is 0.823. The molecule has 0 aromatic rings. The Morgan fingerprint density at radius 2 is 1.09 bits per heavy atom. The molecule has 22 heavy (non-hydrogen) atoms. The van der Waals surface area contributed by atoms with Gasteiger partial charge in [-0.05, 0) is 40.5 Å². The first-order valence-electron chi connectivity index (χ1n) is 6.66. The van der Waals surface area contributed by atoms with Crippen LogP contribution in [0.15, 0.2) is 0 Å². The molecule has 126 valence electrons. The van der Waals surface area contributed by atoms with Crippen LogP contribution in [0.2, 0.25) is 0 Å². The molecule has 0 fully saturated rings. The lowest BCUT2D eigenvalue weighted by Crippen LogP contribution is -2.35. The molecule has 0 aliphatic carbocycles. The van der Waals surface area contributed by atoms with E-state index in [1.54, 1.807) is 27.7 Å². The average Bonchev–Trinajstić information content (AvgIpc) is 2.40. The summed E-state index contributed by atoms with van der Waals surface area (Å²) >= 11 is 0. The summed E-state index contributed by atoms with van der Waals surface area (Å²) in [6, 6.07) is 0. The van der Waals surface area contributed by atoms with E-state index in [4.69, 9.17) is 9.47 Å². The molecule has 0 aliphatic heterocycles. The smallest absolute Gasteiger partial charge is 0.344 e. The van der Waals surface area contributed by atoms with Crippen LogP contribution >= 0.6 is 0 Å². The van der Waals surface area contributed by atoms with Gasteiger partial charge in [-0.1, -0.05) is 0 Å². The van der Waals surface area contributed by atoms with Crippen LogP contribution in [0.25, 0.3) is 0 Å². The second-order valence-corrected chi connectivity index (χ2v) is 5.78. The van der Waals surface area contributed by atoms with Crippen molar-refractivity contribution in [2.75, 3.05) is 13.2 Å². The first-order valence-corrected chi connectivity index (χ1v) is 6.66. The molecule has 0 aromatic heterocycles. The highest BCUT2D eigenvalue weighted by atomic mass is 16.6. The van der Waals surface area contributed by atoms with E-state index in [-0.39, 0.29) is 12.9 Å². The second-order valence-electron chi connectivity index (χ2n) is 5.78. The Morgan fingerprint density at radius 3 is 1.36 bits per heavy atom. The third kappa shape index (κ3) is 9.73. The lowest BCUT2D eigenvalue weighted by molar-refractivity contribution is -0.170. The molecule has 0 aromatic carbocycles. The summed E-state index contributed by atoms with van der Waals surface area (Å²) in [7, 11) is 0. The minimum atomic E-state index is -0.813. The van der Waals surface area contributed by atoms with Gasteiger partial charge in [0.05, 0.1) is 0 Å². The van der Waals surface area contributed by atoms with Crippen LogP contribution in [-0.2, 0) is 38.1 Å². The van der Waals surface area contributed by atoms with Gasteiger partial charge in [-0.2, -0.15) is 0 Å². The maximum absolute atomic E-state index is 11.4. The second kappa shape index (κ2) is 9.01.